The number of carbonyl (C=O) groups is 1. The number of para-hydroxylation sites is 2. The zero-order valence-corrected chi connectivity index (χ0v) is 12.1. The quantitative estimate of drug-likeness (QED) is 0.745. The summed E-state index contributed by atoms with van der Waals surface area (Å²) in [4.78, 5) is 23.7. The van der Waals surface area contributed by atoms with Gasteiger partial charge < -0.3 is 15.4 Å². The number of hydrogen-bond acceptors (Lipinski definition) is 3. The molecule has 1 unspecified atom stereocenters. The van der Waals surface area contributed by atoms with Crippen molar-refractivity contribution in [2.45, 2.75) is 25.1 Å². The zero-order valence-electron chi connectivity index (χ0n) is 12.1. The van der Waals surface area contributed by atoms with E-state index in [0.717, 1.165) is 37.0 Å². The molecule has 1 aromatic heterocycles. The van der Waals surface area contributed by atoms with Gasteiger partial charge in [-0.1, -0.05) is 12.1 Å². The molecule has 1 saturated heterocycles. The van der Waals surface area contributed by atoms with Crippen molar-refractivity contribution in [3.63, 3.8) is 0 Å². The summed E-state index contributed by atoms with van der Waals surface area (Å²) < 4.78 is 33.6. The minimum Gasteiger partial charge on any atom is -0.475 e. The van der Waals surface area contributed by atoms with Gasteiger partial charge in [0, 0.05) is 6.54 Å². The minimum atomic E-state index is -5.08. The SMILES string of the molecule is O=C(O)C(F)(F)F.O=c1[nH]c2ccccc2n1C1CCCNC1. The van der Waals surface area contributed by atoms with Crippen LogP contribution < -0.4 is 11.0 Å². The van der Waals surface area contributed by atoms with Crippen LogP contribution in [0.4, 0.5) is 13.2 Å². The van der Waals surface area contributed by atoms with Crippen molar-refractivity contribution in [3.8, 4) is 0 Å². The van der Waals surface area contributed by atoms with Crippen LogP contribution >= 0.6 is 0 Å². The van der Waals surface area contributed by atoms with Gasteiger partial charge in [-0.05, 0) is 31.5 Å². The molecule has 0 radical (unpaired) electrons. The number of halogens is 3. The molecule has 0 spiro atoms. The molecule has 0 bridgehead atoms. The molecule has 1 aliphatic heterocycles. The average Bonchev–Trinajstić information content (AvgIpc) is 2.83. The Balaban J connectivity index is 0.000000236. The van der Waals surface area contributed by atoms with Crippen LogP contribution in [0.15, 0.2) is 29.1 Å². The van der Waals surface area contributed by atoms with Crippen LogP contribution in [-0.4, -0.2) is 39.9 Å². The van der Waals surface area contributed by atoms with E-state index in [1.165, 1.54) is 0 Å². The monoisotopic (exact) mass is 331 g/mol. The van der Waals surface area contributed by atoms with E-state index in [-0.39, 0.29) is 11.7 Å². The van der Waals surface area contributed by atoms with Crippen molar-refractivity contribution in [3.05, 3.63) is 34.7 Å². The number of fused-ring (bicyclic) bond motifs is 1. The molecule has 2 aromatic rings. The highest BCUT2D eigenvalue weighted by Gasteiger charge is 2.38. The van der Waals surface area contributed by atoms with E-state index in [2.05, 4.69) is 10.3 Å². The molecular weight excluding hydrogens is 315 g/mol. The molecule has 1 atom stereocenters. The summed E-state index contributed by atoms with van der Waals surface area (Å²) in [6.07, 6.45) is -2.87. The molecule has 1 aliphatic rings. The van der Waals surface area contributed by atoms with E-state index in [4.69, 9.17) is 9.90 Å². The van der Waals surface area contributed by atoms with E-state index in [1.807, 2.05) is 28.8 Å². The first-order valence-electron chi connectivity index (χ1n) is 7.01. The number of carboxylic acid groups (broad SMARTS) is 1. The zero-order chi connectivity index (χ0) is 17.0. The fourth-order valence-corrected chi connectivity index (χ4v) is 2.49. The predicted molar refractivity (Wildman–Crippen MR) is 77.4 cm³/mol. The number of rotatable bonds is 1. The van der Waals surface area contributed by atoms with Gasteiger partial charge in [-0.25, -0.2) is 9.59 Å². The molecule has 6 nitrogen and oxygen atoms in total. The highest BCUT2D eigenvalue weighted by molar-refractivity contribution is 5.75. The topological polar surface area (TPSA) is 87.1 Å². The fourth-order valence-electron chi connectivity index (χ4n) is 2.49. The molecule has 2 heterocycles. The van der Waals surface area contributed by atoms with Crippen LogP contribution in [-0.2, 0) is 4.79 Å². The molecule has 0 aliphatic carbocycles. The molecule has 1 fully saturated rings. The molecule has 3 rings (SSSR count). The third-order valence-corrected chi connectivity index (χ3v) is 3.50. The van der Waals surface area contributed by atoms with E-state index < -0.39 is 12.1 Å². The summed E-state index contributed by atoms with van der Waals surface area (Å²) in [5.74, 6) is -2.76. The lowest BCUT2D eigenvalue weighted by molar-refractivity contribution is -0.192. The number of aliphatic carboxylic acids is 1. The first-order chi connectivity index (χ1) is 10.8. The molecule has 0 amide bonds. The van der Waals surface area contributed by atoms with Crippen molar-refractivity contribution >= 4 is 17.0 Å². The van der Waals surface area contributed by atoms with Crippen molar-refractivity contribution in [1.29, 1.82) is 0 Å². The Bertz CT molecular complexity index is 730. The Hall–Kier alpha value is -2.29. The number of aromatic amines is 1. The second-order valence-electron chi connectivity index (χ2n) is 5.12. The number of alkyl halides is 3. The first-order valence-corrected chi connectivity index (χ1v) is 7.01. The summed E-state index contributed by atoms with van der Waals surface area (Å²) in [5, 5.41) is 10.5. The van der Waals surface area contributed by atoms with Gasteiger partial charge in [-0.2, -0.15) is 13.2 Å². The number of imidazole rings is 1. The van der Waals surface area contributed by atoms with Crippen molar-refractivity contribution in [2.24, 2.45) is 0 Å². The number of H-pyrrole nitrogens is 1. The van der Waals surface area contributed by atoms with Crippen LogP contribution in [0.1, 0.15) is 18.9 Å². The first kappa shape index (κ1) is 17.1. The van der Waals surface area contributed by atoms with Gasteiger partial charge in [0.2, 0.25) is 0 Å². The predicted octanol–water partition coefficient (Wildman–Crippen LogP) is 1.89. The summed E-state index contributed by atoms with van der Waals surface area (Å²) >= 11 is 0. The smallest absolute Gasteiger partial charge is 0.475 e. The van der Waals surface area contributed by atoms with Gasteiger partial charge in [-0.15, -0.1) is 0 Å². The Kier molecular flexibility index (Phi) is 5.09. The molecule has 1 aromatic carbocycles. The summed E-state index contributed by atoms with van der Waals surface area (Å²) in [5.41, 5.74) is 1.95. The second-order valence-corrected chi connectivity index (χ2v) is 5.12. The lowest BCUT2D eigenvalue weighted by Crippen LogP contribution is -2.35. The third kappa shape index (κ3) is 4.13. The molecular formula is C14H16F3N3O3. The largest absolute Gasteiger partial charge is 0.490 e. The number of nitrogens with one attached hydrogen (secondary N) is 2. The van der Waals surface area contributed by atoms with Crippen LogP contribution in [0.5, 0.6) is 0 Å². The Morgan fingerprint density at radius 3 is 2.52 bits per heavy atom. The van der Waals surface area contributed by atoms with E-state index >= 15 is 0 Å². The Labute approximate surface area is 128 Å². The molecule has 0 saturated carbocycles. The molecule has 9 heteroatoms. The van der Waals surface area contributed by atoms with Crippen molar-refractivity contribution < 1.29 is 23.1 Å². The van der Waals surface area contributed by atoms with Crippen LogP contribution in [0.3, 0.4) is 0 Å². The maximum Gasteiger partial charge on any atom is 0.490 e. The van der Waals surface area contributed by atoms with Crippen LogP contribution in [0, 0.1) is 0 Å². The molecule has 126 valence electrons. The van der Waals surface area contributed by atoms with E-state index in [0.29, 0.717) is 0 Å². The number of hydrogen-bond donors (Lipinski definition) is 3. The van der Waals surface area contributed by atoms with E-state index in [1.54, 1.807) is 0 Å². The number of piperidine rings is 1. The van der Waals surface area contributed by atoms with Crippen LogP contribution in [0.25, 0.3) is 11.0 Å². The minimum absolute atomic E-state index is 0.00917. The number of aromatic nitrogens is 2. The normalized spacial score (nSPS) is 18.3. The highest BCUT2D eigenvalue weighted by atomic mass is 19.4. The number of benzene rings is 1. The summed E-state index contributed by atoms with van der Waals surface area (Å²) in [6, 6.07) is 8.16. The summed E-state index contributed by atoms with van der Waals surface area (Å²) in [7, 11) is 0. The third-order valence-electron chi connectivity index (χ3n) is 3.50. The van der Waals surface area contributed by atoms with E-state index in [9.17, 15) is 18.0 Å². The Morgan fingerprint density at radius 1 is 1.30 bits per heavy atom. The van der Waals surface area contributed by atoms with Crippen molar-refractivity contribution in [1.82, 2.24) is 14.9 Å². The summed E-state index contributed by atoms with van der Waals surface area (Å²) in [6.45, 7) is 1.95. The fraction of sp³-hybridized carbons (Fsp3) is 0.429. The highest BCUT2D eigenvalue weighted by Crippen LogP contribution is 2.19. The van der Waals surface area contributed by atoms with Gasteiger partial charge in [-0.3, -0.25) is 4.57 Å². The van der Waals surface area contributed by atoms with Gasteiger partial charge in [0.05, 0.1) is 17.1 Å². The number of nitrogens with zero attached hydrogens (tertiary/aromatic N) is 1. The second kappa shape index (κ2) is 6.86. The average molecular weight is 331 g/mol. The van der Waals surface area contributed by atoms with Crippen molar-refractivity contribution in [2.75, 3.05) is 13.1 Å². The van der Waals surface area contributed by atoms with Gasteiger partial charge in [0.15, 0.2) is 0 Å². The lowest BCUT2D eigenvalue weighted by Gasteiger charge is -2.23. The Morgan fingerprint density at radius 2 is 1.96 bits per heavy atom. The molecule has 23 heavy (non-hydrogen) atoms. The standard InChI is InChI=1S/C12H15N3O.C2HF3O2/c16-12-14-10-5-1-2-6-11(10)15(12)9-4-3-7-13-8-9;3-2(4,5)1(6)7/h1-2,5-6,9,13H,3-4,7-8H2,(H,14,16);(H,6,7). The van der Waals surface area contributed by atoms with Crippen LogP contribution in [0.2, 0.25) is 0 Å². The lowest BCUT2D eigenvalue weighted by atomic mass is 10.1. The van der Waals surface area contributed by atoms with Gasteiger partial charge >= 0.3 is 17.8 Å². The molecule has 3 N–H and O–H groups in total. The maximum absolute atomic E-state index is 11.9. The van der Waals surface area contributed by atoms with Gasteiger partial charge in [0.25, 0.3) is 0 Å². The number of carboxylic acids is 1. The maximum atomic E-state index is 11.9. The van der Waals surface area contributed by atoms with Gasteiger partial charge in [0.1, 0.15) is 0 Å².